The van der Waals surface area contributed by atoms with Crippen LogP contribution >= 0.6 is 0 Å². The van der Waals surface area contributed by atoms with Crippen molar-refractivity contribution in [3.05, 3.63) is 23.9 Å². The normalized spacial score (nSPS) is 10.1. The molecule has 0 aliphatic rings. The first-order chi connectivity index (χ1) is 7.74. The molecule has 0 saturated carbocycles. The van der Waals surface area contributed by atoms with Gasteiger partial charge in [-0.05, 0) is 18.6 Å². The van der Waals surface area contributed by atoms with E-state index in [-0.39, 0.29) is 0 Å². The van der Waals surface area contributed by atoms with Gasteiger partial charge in [0.1, 0.15) is 5.82 Å². The number of primary amides is 1. The number of nitrogens with zero attached hydrogens (tertiary/aromatic N) is 1. The van der Waals surface area contributed by atoms with Crippen LogP contribution in [-0.2, 0) is 0 Å². The third-order valence-corrected chi connectivity index (χ3v) is 2.38. The van der Waals surface area contributed by atoms with E-state index in [0.29, 0.717) is 5.56 Å². The minimum absolute atomic E-state index is 0.441. The van der Waals surface area contributed by atoms with Crippen LogP contribution in [-0.4, -0.2) is 17.4 Å². The van der Waals surface area contributed by atoms with Crippen molar-refractivity contribution in [3.63, 3.8) is 0 Å². The average molecular weight is 221 g/mol. The highest BCUT2D eigenvalue weighted by Crippen LogP contribution is 2.05. The van der Waals surface area contributed by atoms with Crippen LogP contribution in [0.4, 0.5) is 5.82 Å². The Kier molecular flexibility index (Phi) is 5.32. The molecule has 1 heterocycles. The number of anilines is 1. The van der Waals surface area contributed by atoms with Gasteiger partial charge in [0.15, 0.2) is 0 Å². The van der Waals surface area contributed by atoms with Gasteiger partial charge in [0.05, 0.1) is 5.56 Å². The lowest BCUT2D eigenvalue weighted by Crippen LogP contribution is -2.11. The van der Waals surface area contributed by atoms with Crippen molar-refractivity contribution in [2.24, 2.45) is 5.73 Å². The van der Waals surface area contributed by atoms with E-state index in [4.69, 9.17) is 5.73 Å². The Hall–Kier alpha value is -1.58. The Labute approximate surface area is 96.3 Å². The summed E-state index contributed by atoms with van der Waals surface area (Å²) in [6.45, 7) is 3.11. The van der Waals surface area contributed by atoms with Gasteiger partial charge >= 0.3 is 0 Å². The van der Waals surface area contributed by atoms with Crippen LogP contribution in [0.1, 0.15) is 43.0 Å². The number of hydrogen-bond donors (Lipinski definition) is 2. The second-order valence-corrected chi connectivity index (χ2v) is 3.78. The summed E-state index contributed by atoms with van der Waals surface area (Å²) < 4.78 is 0. The number of nitrogens with two attached hydrogens (primary N) is 1. The van der Waals surface area contributed by atoms with Crippen molar-refractivity contribution in [2.45, 2.75) is 32.6 Å². The number of pyridine rings is 1. The molecule has 16 heavy (non-hydrogen) atoms. The lowest BCUT2D eigenvalue weighted by molar-refractivity contribution is 0.1000. The van der Waals surface area contributed by atoms with E-state index >= 15 is 0 Å². The molecule has 0 aliphatic heterocycles. The number of rotatable bonds is 7. The molecule has 0 spiro atoms. The van der Waals surface area contributed by atoms with E-state index in [1.807, 2.05) is 0 Å². The van der Waals surface area contributed by atoms with Crippen molar-refractivity contribution in [3.8, 4) is 0 Å². The van der Waals surface area contributed by atoms with Crippen LogP contribution in [0, 0.1) is 0 Å². The first kappa shape index (κ1) is 12.5. The number of nitrogens with one attached hydrogen (secondary N) is 1. The molecule has 1 amide bonds. The standard InChI is InChI=1S/C12H19N3O/c1-2-3-4-5-8-14-11-7-6-10(9-15-11)12(13)16/h6-7,9H,2-5,8H2,1H3,(H2,13,16)(H,14,15). The highest BCUT2D eigenvalue weighted by atomic mass is 16.1. The molecule has 0 bridgehead atoms. The van der Waals surface area contributed by atoms with Gasteiger partial charge in [-0.3, -0.25) is 4.79 Å². The first-order valence-corrected chi connectivity index (χ1v) is 5.73. The maximum atomic E-state index is 10.8. The molecular weight excluding hydrogens is 202 g/mol. The van der Waals surface area contributed by atoms with E-state index in [2.05, 4.69) is 17.2 Å². The second-order valence-electron chi connectivity index (χ2n) is 3.78. The van der Waals surface area contributed by atoms with Gasteiger partial charge in [0.2, 0.25) is 5.91 Å². The number of hydrogen-bond acceptors (Lipinski definition) is 3. The number of carbonyl (C=O) groups is 1. The molecular formula is C12H19N3O. The average Bonchev–Trinajstić information content (AvgIpc) is 2.29. The Bertz CT molecular complexity index is 322. The molecule has 1 rings (SSSR count). The summed E-state index contributed by atoms with van der Waals surface area (Å²) in [4.78, 5) is 14.9. The molecule has 0 saturated heterocycles. The number of amides is 1. The molecule has 1 aromatic heterocycles. The van der Waals surface area contributed by atoms with Gasteiger partial charge in [0, 0.05) is 12.7 Å². The van der Waals surface area contributed by atoms with Crippen LogP contribution in [0.5, 0.6) is 0 Å². The van der Waals surface area contributed by atoms with Crippen LogP contribution < -0.4 is 11.1 Å². The maximum absolute atomic E-state index is 10.8. The van der Waals surface area contributed by atoms with E-state index in [0.717, 1.165) is 18.8 Å². The zero-order chi connectivity index (χ0) is 11.8. The molecule has 0 unspecified atom stereocenters. The molecule has 88 valence electrons. The number of unbranched alkanes of at least 4 members (excludes halogenated alkanes) is 3. The fourth-order valence-corrected chi connectivity index (χ4v) is 1.41. The predicted octanol–water partition coefficient (Wildman–Crippen LogP) is 2.17. The SMILES string of the molecule is CCCCCCNc1ccc(C(N)=O)cn1. The lowest BCUT2D eigenvalue weighted by atomic mass is 10.2. The predicted molar refractivity (Wildman–Crippen MR) is 65.4 cm³/mol. The fourth-order valence-electron chi connectivity index (χ4n) is 1.41. The smallest absolute Gasteiger partial charge is 0.250 e. The van der Waals surface area contributed by atoms with E-state index in [9.17, 15) is 4.79 Å². The van der Waals surface area contributed by atoms with Gasteiger partial charge in [-0.15, -0.1) is 0 Å². The van der Waals surface area contributed by atoms with Gasteiger partial charge in [0.25, 0.3) is 0 Å². The van der Waals surface area contributed by atoms with Gasteiger partial charge in [-0.25, -0.2) is 4.98 Å². The van der Waals surface area contributed by atoms with Crippen LogP contribution in [0.3, 0.4) is 0 Å². The topological polar surface area (TPSA) is 68.0 Å². The van der Waals surface area contributed by atoms with E-state index < -0.39 is 5.91 Å². The molecule has 0 atom stereocenters. The van der Waals surface area contributed by atoms with Crippen molar-refractivity contribution in [1.29, 1.82) is 0 Å². The number of carbonyl (C=O) groups excluding carboxylic acids is 1. The third kappa shape index (κ3) is 4.29. The first-order valence-electron chi connectivity index (χ1n) is 5.73. The molecule has 1 aromatic rings. The van der Waals surface area contributed by atoms with Crippen LogP contribution in [0.2, 0.25) is 0 Å². The van der Waals surface area contributed by atoms with Gasteiger partial charge < -0.3 is 11.1 Å². The minimum Gasteiger partial charge on any atom is -0.370 e. The Morgan fingerprint density at radius 1 is 1.38 bits per heavy atom. The Morgan fingerprint density at radius 3 is 2.75 bits per heavy atom. The fraction of sp³-hybridized carbons (Fsp3) is 0.500. The second kappa shape index (κ2) is 6.82. The molecule has 0 aliphatic carbocycles. The third-order valence-electron chi connectivity index (χ3n) is 2.38. The van der Waals surface area contributed by atoms with Crippen molar-refractivity contribution in [2.75, 3.05) is 11.9 Å². The maximum Gasteiger partial charge on any atom is 0.250 e. The summed E-state index contributed by atoms with van der Waals surface area (Å²) in [7, 11) is 0. The summed E-state index contributed by atoms with van der Waals surface area (Å²) in [5.41, 5.74) is 5.56. The van der Waals surface area contributed by atoms with Gasteiger partial charge in [-0.2, -0.15) is 0 Å². The minimum atomic E-state index is -0.443. The van der Waals surface area contributed by atoms with Crippen molar-refractivity contribution < 1.29 is 4.79 Å². The zero-order valence-corrected chi connectivity index (χ0v) is 9.70. The van der Waals surface area contributed by atoms with E-state index in [1.165, 1.54) is 25.5 Å². The lowest BCUT2D eigenvalue weighted by Gasteiger charge is -2.05. The summed E-state index contributed by atoms with van der Waals surface area (Å²) in [6, 6.07) is 3.46. The molecule has 4 heteroatoms. The molecule has 4 nitrogen and oxygen atoms in total. The zero-order valence-electron chi connectivity index (χ0n) is 9.70. The van der Waals surface area contributed by atoms with E-state index in [1.54, 1.807) is 12.1 Å². The largest absolute Gasteiger partial charge is 0.370 e. The Balaban J connectivity index is 2.29. The van der Waals surface area contributed by atoms with Crippen LogP contribution in [0.25, 0.3) is 0 Å². The molecule has 0 fully saturated rings. The van der Waals surface area contributed by atoms with Crippen molar-refractivity contribution >= 4 is 11.7 Å². The highest BCUT2D eigenvalue weighted by Gasteiger charge is 2.00. The molecule has 3 N–H and O–H groups in total. The molecule has 0 aromatic carbocycles. The summed E-state index contributed by atoms with van der Waals surface area (Å²) in [6.07, 6.45) is 6.40. The summed E-state index contributed by atoms with van der Waals surface area (Å²) >= 11 is 0. The number of aromatic nitrogens is 1. The Morgan fingerprint density at radius 2 is 2.19 bits per heavy atom. The quantitative estimate of drug-likeness (QED) is 0.693. The van der Waals surface area contributed by atoms with Crippen molar-refractivity contribution in [1.82, 2.24) is 4.98 Å². The monoisotopic (exact) mass is 221 g/mol. The molecule has 0 radical (unpaired) electrons. The summed E-state index contributed by atoms with van der Waals surface area (Å²) in [5, 5.41) is 3.21. The summed E-state index contributed by atoms with van der Waals surface area (Å²) in [5.74, 6) is 0.350. The van der Waals surface area contributed by atoms with Gasteiger partial charge in [-0.1, -0.05) is 26.2 Å². The van der Waals surface area contributed by atoms with Crippen LogP contribution in [0.15, 0.2) is 18.3 Å². The highest BCUT2D eigenvalue weighted by molar-refractivity contribution is 5.92.